The molecule has 0 spiro atoms. The Kier molecular flexibility index (Phi) is 3.64. The van der Waals surface area contributed by atoms with Gasteiger partial charge in [0.1, 0.15) is 11.6 Å². The Bertz CT molecular complexity index is 669. The van der Waals surface area contributed by atoms with Gasteiger partial charge < -0.3 is 0 Å². The number of nitrogens with zero attached hydrogens (tertiary/aromatic N) is 4. The van der Waals surface area contributed by atoms with Gasteiger partial charge in [-0.2, -0.15) is 0 Å². The normalized spacial score (nSPS) is 14.2. The van der Waals surface area contributed by atoms with Crippen molar-refractivity contribution < 1.29 is 4.79 Å². The van der Waals surface area contributed by atoms with Gasteiger partial charge in [-0.3, -0.25) is 14.7 Å². The lowest BCUT2D eigenvalue weighted by Crippen LogP contribution is -2.36. The second-order valence-electron chi connectivity index (χ2n) is 5.18. The monoisotopic (exact) mass is 282 g/mol. The molecule has 5 nitrogen and oxygen atoms in total. The molecule has 0 saturated carbocycles. The molecule has 0 fully saturated rings. The Hall–Kier alpha value is -2.30. The molecule has 2 aromatic rings. The molecule has 0 saturated heterocycles. The van der Waals surface area contributed by atoms with Crippen molar-refractivity contribution in [3.05, 3.63) is 47.2 Å². The summed E-state index contributed by atoms with van der Waals surface area (Å²) in [6.07, 6.45) is 3.74. The van der Waals surface area contributed by atoms with E-state index in [0.29, 0.717) is 13.0 Å². The third kappa shape index (κ3) is 2.63. The van der Waals surface area contributed by atoms with Gasteiger partial charge in [-0.05, 0) is 25.5 Å². The average molecular weight is 282 g/mol. The maximum Gasteiger partial charge on any atom is 0.228 e. The Balaban J connectivity index is 2.02. The molecule has 1 aliphatic rings. The standard InChI is InChI=1S/C16H18N4O/c1-3-14-18-11(2)13-7-8-15(21)20(16(13)19-14)10-12-6-4-5-9-17-12/h4-6,9H,3,7-8,10H2,1-2H3. The summed E-state index contributed by atoms with van der Waals surface area (Å²) >= 11 is 0. The molecule has 1 amide bonds. The minimum absolute atomic E-state index is 0.105. The second kappa shape index (κ2) is 5.60. The van der Waals surface area contributed by atoms with Crippen LogP contribution in [0, 0.1) is 6.92 Å². The second-order valence-corrected chi connectivity index (χ2v) is 5.18. The number of pyridine rings is 1. The number of carbonyl (C=O) groups is 1. The number of fused-ring (bicyclic) bond motifs is 1. The van der Waals surface area contributed by atoms with Gasteiger partial charge in [0.15, 0.2) is 0 Å². The summed E-state index contributed by atoms with van der Waals surface area (Å²) in [5.74, 6) is 1.65. The molecule has 0 aromatic carbocycles. The van der Waals surface area contributed by atoms with Crippen LogP contribution in [0.25, 0.3) is 0 Å². The molecular weight excluding hydrogens is 264 g/mol. The van der Waals surface area contributed by atoms with E-state index in [0.717, 1.165) is 41.4 Å². The first-order chi connectivity index (χ1) is 10.2. The molecule has 3 rings (SSSR count). The van der Waals surface area contributed by atoms with E-state index in [1.807, 2.05) is 32.0 Å². The predicted molar refractivity (Wildman–Crippen MR) is 79.9 cm³/mol. The topological polar surface area (TPSA) is 59.0 Å². The van der Waals surface area contributed by atoms with Crippen molar-refractivity contribution >= 4 is 11.7 Å². The van der Waals surface area contributed by atoms with Gasteiger partial charge in [-0.15, -0.1) is 0 Å². The summed E-state index contributed by atoms with van der Waals surface area (Å²) in [6.45, 7) is 4.48. The van der Waals surface area contributed by atoms with E-state index in [1.165, 1.54) is 0 Å². The van der Waals surface area contributed by atoms with E-state index in [9.17, 15) is 4.79 Å². The fourth-order valence-electron chi connectivity index (χ4n) is 2.61. The summed E-state index contributed by atoms with van der Waals surface area (Å²) in [4.78, 5) is 27.5. The lowest BCUT2D eigenvalue weighted by Gasteiger charge is -2.29. The number of anilines is 1. The van der Waals surface area contributed by atoms with Crippen molar-refractivity contribution in [2.75, 3.05) is 4.90 Å². The zero-order valence-electron chi connectivity index (χ0n) is 12.3. The highest BCUT2D eigenvalue weighted by Crippen LogP contribution is 2.29. The van der Waals surface area contributed by atoms with Crippen molar-refractivity contribution in [3.8, 4) is 0 Å². The number of hydrogen-bond acceptors (Lipinski definition) is 4. The maximum atomic E-state index is 12.3. The largest absolute Gasteiger partial charge is 0.290 e. The molecular formula is C16H18N4O. The Morgan fingerprint density at radius 1 is 1.24 bits per heavy atom. The summed E-state index contributed by atoms with van der Waals surface area (Å²) < 4.78 is 0. The van der Waals surface area contributed by atoms with Gasteiger partial charge in [0.2, 0.25) is 5.91 Å². The van der Waals surface area contributed by atoms with Gasteiger partial charge >= 0.3 is 0 Å². The summed E-state index contributed by atoms with van der Waals surface area (Å²) in [5, 5.41) is 0. The van der Waals surface area contributed by atoms with Crippen LogP contribution in [-0.4, -0.2) is 20.9 Å². The number of carbonyl (C=O) groups excluding carboxylic acids is 1. The molecule has 108 valence electrons. The first-order valence-electron chi connectivity index (χ1n) is 7.25. The van der Waals surface area contributed by atoms with Crippen LogP contribution < -0.4 is 4.90 Å². The molecule has 0 aliphatic carbocycles. The lowest BCUT2D eigenvalue weighted by atomic mass is 10.0. The van der Waals surface area contributed by atoms with E-state index >= 15 is 0 Å². The van der Waals surface area contributed by atoms with Gasteiger partial charge in [-0.1, -0.05) is 13.0 Å². The molecule has 0 atom stereocenters. The highest BCUT2D eigenvalue weighted by Gasteiger charge is 2.28. The third-order valence-corrected chi connectivity index (χ3v) is 3.75. The lowest BCUT2D eigenvalue weighted by molar-refractivity contribution is -0.119. The molecule has 0 N–H and O–H groups in total. The van der Waals surface area contributed by atoms with Crippen molar-refractivity contribution in [1.29, 1.82) is 0 Å². The zero-order chi connectivity index (χ0) is 14.8. The van der Waals surface area contributed by atoms with E-state index in [1.54, 1.807) is 11.1 Å². The molecule has 1 aliphatic heterocycles. The number of aryl methyl sites for hydroxylation is 2. The summed E-state index contributed by atoms with van der Waals surface area (Å²) in [5.41, 5.74) is 2.94. The zero-order valence-corrected chi connectivity index (χ0v) is 12.3. The molecule has 5 heteroatoms. The van der Waals surface area contributed by atoms with E-state index in [4.69, 9.17) is 0 Å². The Labute approximate surface area is 124 Å². The molecule has 2 aromatic heterocycles. The van der Waals surface area contributed by atoms with Crippen LogP contribution in [0.1, 0.15) is 36.1 Å². The van der Waals surface area contributed by atoms with Crippen LogP contribution in [0.3, 0.4) is 0 Å². The average Bonchev–Trinajstić information content (AvgIpc) is 2.51. The van der Waals surface area contributed by atoms with E-state index in [-0.39, 0.29) is 5.91 Å². The van der Waals surface area contributed by atoms with Crippen LogP contribution in [-0.2, 0) is 24.2 Å². The van der Waals surface area contributed by atoms with Crippen LogP contribution in [0.2, 0.25) is 0 Å². The van der Waals surface area contributed by atoms with E-state index in [2.05, 4.69) is 15.0 Å². The number of amides is 1. The van der Waals surface area contributed by atoms with Crippen molar-refractivity contribution in [3.63, 3.8) is 0 Å². The smallest absolute Gasteiger partial charge is 0.228 e. The molecule has 3 heterocycles. The van der Waals surface area contributed by atoms with Crippen LogP contribution in [0.4, 0.5) is 5.82 Å². The van der Waals surface area contributed by atoms with Crippen molar-refractivity contribution in [2.45, 2.75) is 39.7 Å². The number of hydrogen-bond donors (Lipinski definition) is 0. The minimum Gasteiger partial charge on any atom is -0.290 e. The first-order valence-corrected chi connectivity index (χ1v) is 7.25. The van der Waals surface area contributed by atoms with Crippen molar-refractivity contribution in [2.24, 2.45) is 0 Å². The quantitative estimate of drug-likeness (QED) is 0.866. The highest BCUT2D eigenvalue weighted by atomic mass is 16.2. The predicted octanol–water partition coefficient (Wildman–Crippen LogP) is 2.22. The minimum atomic E-state index is 0.105. The number of aromatic nitrogens is 3. The summed E-state index contributed by atoms with van der Waals surface area (Å²) in [6, 6.07) is 5.73. The highest BCUT2D eigenvalue weighted by molar-refractivity contribution is 5.95. The fraction of sp³-hybridized carbons (Fsp3) is 0.375. The SMILES string of the molecule is CCc1nc(C)c2c(n1)N(Cc1ccccn1)C(=O)CC2. The fourth-order valence-corrected chi connectivity index (χ4v) is 2.61. The first kappa shape index (κ1) is 13.7. The van der Waals surface area contributed by atoms with Crippen LogP contribution in [0.15, 0.2) is 24.4 Å². The summed E-state index contributed by atoms with van der Waals surface area (Å²) in [7, 11) is 0. The Morgan fingerprint density at radius 3 is 2.81 bits per heavy atom. The number of rotatable bonds is 3. The molecule has 0 unspecified atom stereocenters. The Morgan fingerprint density at radius 2 is 2.10 bits per heavy atom. The van der Waals surface area contributed by atoms with Gasteiger partial charge in [-0.25, -0.2) is 9.97 Å². The van der Waals surface area contributed by atoms with Gasteiger partial charge in [0.25, 0.3) is 0 Å². The maximum absolute atomic E-state index is 12.3. The molecule has 0 bridgehead atoms. The van der Waals surface area contributed by atoms with Crippen molar-refractivity contribution in [1.82, 2.24) is 15.0 Å². The third-order valence-electron chi connectivity index (χ3n) is 3.75. The van der Waals surface area contributed by atoms with Gasteiger partial charge in [0, 0.05) is 30.3 Å². The van der Waals surface area contributed by atoms with Crippen LogP contribution in [0.5, 0.6) is 0 Å². The van der Waals surface area contributed by atoms with E-state index < -0.39 is 0 Å². The van der Waals surface area contributed by atoms with Crippen LogP contribution >= 0.6 is 0 Å². The van der Waals surface area contributed by atoms with Gasteiger partial charge in [0.05, 0.1) is 12.2 Å². The molecule has 21 heavy (non-hydrogen) atoms. The molecule has 0 radical (unpaired) electrons.